The van der Waals surface area contributed by atoms with Gasteiger partial charge in [-0.2, -0.15) is 9.61 Å². The molecule has 0 radical (unpaired) electrons. The van der Waals surface area contributed by atoms with Gasteiger partial charge in [0.05, 0.1) is 0 Å². The van der Waals surface area contributed by atoms with Crippen LogP contribution in [0.5, 0.6) is 0 Å². The molecule has 0 aliphatic heterocycles. The van der Waals surface area contributed by atoms with Crippen LogP contribution in [-0.2, 0) is 11.2 Å². The Bertz CT molecular complexity index is 944. The lowest BCUT2D eigenvalue weighted by molar-refractivity contribution is -0.121. The van der Waals surface area contributed by atoms with E-state index in [1.165, 1.54) is 11.3 Å². The molecular formula is C20H19N5OS. The Morgan fingerprint density at radius 1 is 1.04 bits per heavy atom. The smallest absolute Gasteiger partial charge is 0.234 e. The molecule has 2 aromatic heterocycles. The molecule has 0 aliphatic carbocycles. The second kappa shape index (κ2) is 8.09. The summed E-state index contributed by atoms with van der Waals surface area (Å²) in [6, 6.07) is 20.3. The monoisotopic (exact) mass is 377 g/mol. The second-order valence-corrected chi connectivity index (χ2v) is 7.27. The molecule has 0 spiro atoms. The van der Waals surface area contributed by atoms with Crippen molar-refractivity contribution in [1.82, 2.24) is 25.1 Å². The van der Waals surface area contributed by atoms with Gasteiger partial charge in [0.1, 0.15) is 11.3 Å². The quantitative estimate of drug-likeness (QED) is 0.537. The van der Waals surface area contributed by atoms with E-state index in [4.69, 9.17) is 0 Å². The van der Waals surface area contributed by atoms with Crippen molar-refractivity contribution in [3.05, 3.63) is 83.1 Å². The minimum Gasteiger partial charge on any atom is -0.356 e. The Morgan fingerprint density at radius 3 is 2.33 bits per heavy atom. The van der Waals surface area contributed by atoms with Crippen molar-refractivity contribution in [3.63, 3.8) is 0 Å². The van der Waals surface area contributed by atoms with Crippen LogP contribution in [0.3, 0.4) is 0 Å². The molecule has 6 nitrogen and oxygen atoms in total. The molecule has 0 unspecified atom stereocenters. The number of nitrogens with one attached hydrogen (secondary N) is 1. The van der Waals surface area contributed by atoms with Crippen LogP contribution >= 0.6 is 11.3 Å². The van der Waals surface area contributed by atoms with Crippen LogP contribution in [0, 0.1) is 0 Å². The van der Waals surface area contributed by atoms with Crippen molar-refractivity contribution in [3.8, 4) is 0 Å². The van der Waals surface area contributed by atoms with Gasteiger partial charge in [-0.25, -0.2) is 0 Å². The van der Waals surface area contributed by atoms with Crippen molar-refractivity contribution >= 4 is 22.2 Å². The van der Waals surface area contributed by atoms with Gasteiger partial charge in [-0.1, -0.05) is 72.0 Å². The van der Waals surface area contributed by atoms with Gasteiger partial charge < -0.3 is 5.32 Å². The van der Waals surface area contributed by atoms with Gasteiger partial charge in [0.2, 0.25) is 10.9 Å². The fourth-order valence-electron chi connectivity index (χ4n) is 3.07. The number of rotatable bonds is 7. The zero-order valence-corrected chi connectivity index (χ0v) is 15.5. The first-order chi connectivity index (χ1) is 13.3. The molecule has 0 bridgehead atoms. The number of benzene rings is 2. The number of amides is 1. The first-order valence-corrected chi connectivity index (χ1v) is 9.63. The summed E-state index contributed by atoms with van der Waals surface area (Å²) in [5, 5.41) is 16.1. The SMILES string of the molecule is O=C(CC(c1ccccc1)c1ccccc1)NCCc1nn2cnnc2s1. The van der Waals surface area contributed by atoms with Crippen LogP contribution in [0.1, 0.15) is 28.5 Å². The molecular weight excluding hydrogens is 358 g/mol. The van der Waals surface area contributed by atoms with Gasteiger partial charge in [0, 0.05) is 25.3 Å². The maximum absolute atomic E-state index is 12.6. The molecule has 0 saturated carbocycles. The molecule has 1 N–H and O–H groups in total. The van der Waals surface area contributed by atoms with Gasteiger partial charge in [-0.3, -0.25) is 4.79 Å². The second-order valence-electron chi connectivity index (χ2n) is 6.23. The largest absolute Gasteiger partial charge is 0.356 e. The highest BCUT2D eigenvalue weighted by Gasteiger charge is 2.18. The average Bonchev–Trinajstić information content (AvgIpc) is 3.29. The topological polar surface area (TPSA) is 72.2 Å². The van der Waals surface area contributed by atoms with Crippen molar-refractivity contribution in [2.45, 2.75) is 18.8 Å². The summed E-state index contributed by atoms with van der Waals surface area (Å²) < 4.78 is 1.66. The molecule has 1 amide bonds. The number of carbonyl (C=O) groups is 1. The van der Waals surface area contributed by atoms with Gasteiger partial charge in [0.25, 0.3) is 0 Å². The maximum Gasteiger partial charge on any atom is 0.234 e. The number of hydrogen-bond donors (Lipinski definition) is 1. The fraction of sp³-hybridized carbons (Fsp3) is 0.200. The van der Waals surface area contributed by atoms with Gasteiger partial charge in [-0.15, -0.1) is 10.2 Å². The highest BCUT2D eigenvalue weighted by Crippen LogP contribution is 2.27. The molecule has 136 valence electrons. The van der Waals surface area contributed by atoms with Crippen LogP contribution in [0.25, 0.3) is 4.96 Å². The van der Waals surface area contributed by atoms with E-state index < -0.39 is 0 Å². The average molecular weight is 377 g/mol. The predicted octanol–water partition coefficient (Wildman–Crippen LogP) is 3.07. The normalized spacial score (nSPS) is 11.1. The Morgan fingerprint density at radius 2 is 1.70 bits per heavy atom. The van der Waals surface area contributed by atoms with E-state index >= 15 is 0 Å². The Kier molecular flexibility index (Phi) is 5.20. The third kappa shape index (κ3) is 4.20. The summed E-state index contributed by atoms with van der Waals surface area (Å²) in [6.07, 6.45) is 2.68. The minimum absolute atomic E-state index is 0.0377. The third-order valence-corrected chi connectivity index (χ3v) is 5.36. The summed E-state index contributed by atoms with van der Waals surface area (Å²) in [6.45, 7) is 0.555. The zero-order valence-electron chi connectivity index (χ0n) is 14.7. The van der Waals surface area contributed by atoms with E-state index in [9.17, 15) is 4.79 Å². The lowest BCUT2D eigenvalue weighted by Gasteiger charge is -2.17. The molecule has 0 aliphatic rings. The standard InChI is InChI=1S/C20H19N5OS/c26-18(21-12-11-19-24-25-14-22-23-20(25)27-19)13-17(15-7-3-1-4-8-15)16-9-5-2-6-10-16/h1-10,14,17H,11-13H2,(H,21,26). The third-order valence-electron chi connectivity index (χ3n) is 4.38. The highest BCUT2D eigenvalue weighted by molar-refractivity contribution is 7.16. The van der Waals surface area contributed by atoms with Crippen molar-refractivity contribution < 1.29 is 4.79 Å². The molecule has 27 heavy (non-hydrogen) atoms. The van der Waals surface area contributed by atoms with Gasteiger partial charge >= 0.3 is 0 Å². The van der Waals surface area contributed by atoms with Gasteiger partial charge in [0.15, 0.2) is 0 Å². The Labute approximate surface area is 160 Å². The Hall–Kier alpha value is -3.06. The molecule has 7 heteroatoms. The number of hydrogen-bond acceptors (Lipinski definition) is 5. The number of fused-ring (bicyclic) bond motifs is 1. The zero-order chi connectivity index (χ0) is 18.5. The lowest BCUT2D eigenvalue weighted by Crippen LogP contribution is -2.27. The molecule has 4 rings (SSSR count). The first-order valence-electron chi connectivity index (χ1n) is 8.82. The molecule has 0 fully saturated rings. The lowest BCUT2D eigenvalue weighted by atomic mass is 9.88. The summed E-state index contributed by atoms with van der Waals surface area (Å²) in [5.74, 6) is 0.0809. The van der Waals surface area contributed by atoms with Crippen molar-refractivity contribution in [2.24, 2.45) is 0 Å². The van der Waals surface area contributed by atoms with E-state index in [1.807, 2.05) is 36.4 Å². The maximum atomic E-state index is 12.6. The van der Waals surface area contributed by atoms with Crippen molar-refractivity contribution in [2.75, 3.05) is 6.54 Å². The Balaban J connectivity index is 1.38. The van der Waals surface area contributed by atoms with E-state index in [-0.39, 0.29) is 11.8 Å². The van der Waals surface area contributed by atoms with Crippen molar-refractivity contribution in [1.29, 1.82) is 0 Å². The van der Waals surface area contributed by atoms with Crippen LogP contribution in [0.2, 0.25) is 0 Å². The number of aromatic nitrogens is 4. The molecule has 2 aromatic carbocycles. The molecule has 2 heterocycles. The highest BCUT2D eigenvalue weighted by atomic mass is 32.1. The predicted molar refractivity (Wildman–Crippen MR) is 105 cm³/mol. The molecule has 0 saturated heterocycles. The summed E-state index contributed by atoms with van der Waals surface area (Å²) in [5.41, 5.74) is 2.29. The van der Waals surface area contributed by atoms with Crippen LogP contribution < -0.4 is 5.32 Å². The van der Waals surface area contributed by atoms with E-state index in [0.717, 1.165) is 21.1 Å². The van der Waals surface area contributed by atoms with Crippen LogP contribution in [0.4, 0.5) is 0 Å². The molecule has 4 aromatic rings. The minimum atomic E-state index is 0.0377. The summed E-state index contributed by atoms with van der Waals surface area (Å²) in [7, 11) is 0. The van der Waals surface area contributed by atoms with E-state index in [0.29, 0.717) is 19.4 Å². The molecule has 0 atom stereocenters. The van der Waals surface area contributed by atoms with E-state index in [1.54, 1.807) is 10.8 Å². The number of nitrogens with zero attached hydrogens (tertiary/aromatic N) is 4. The summed E-state index contributed by atoms with van der Waals surface area (Å²) in [4.78, 5) is 13.3. The van der Waals surface area contributed by atoms with Crippen LogP contribution in [0.15, 0.2) is 67.0 Å². The first kappa shape index (κ1) is 17.4. The number of carbonyl (C=O) groups excluding carboxylic acids is 1. The van der Waals surface area contributed by atoms with Gasteiger partial charge in [-0.05, 0) is 11.1 Å². The van der Waals surface area contributed by atoms with Crippen LogP contribution in [-0.4, -0.2) is 32.3 Å². The summed E-state index contributed by atoms with van der Waals surface area (Å²) >= 11 is 1.49. The van der Waals surface area contributed by atoms with E-state index in [2.05, 4.69) is 44.9 Å². The fourth-order valence-corrected chi connectivity index (χ4v) is 3.88.